The van der Waals surface area contributed by atoms with Crippen LogP contribution < -0.4 is 10.6 Å². The number of aryl methyl sites for hydroxylation is 1. The molecule has 0 bridgehead atoms. The van der Waals surface area contributed by atoms with Crippen LogP contribution >= 0.6 is 24.8 Å². The van der Waals surface area contributed by atoms with E-state index in [1.54, 1.807) is 0 Å². The summed E-state index contributed by atoms with van der Waals surface area (Å²) in [5, 5.41) is 5.96. The minimum absolute atomic E-state index is 0. The third-order valence-electron chi connectivity index (χ3n) is 3.97. The van der Waals surface area contributed by atoms with Crippen LogP contribution in [0.1, 0.15) is 18.4 Å². The molecule has 0 unspecified atom stereocenters. The second-order valence-electron chi connectivity index (χ2n) is 5.88. The molecular weight excluding hydrogens is 371 g/mol. The number of imidazole rings is 1. The van der Waals surface area contributed by atoms with Crippen molar-refractivity contribution in [3.63, 3.8) is 0 Å². The maximum Gasteiger partial charge on any atom is 0.224 e. The van der Waals surface area contributed by atoms with Crippen molar-refractivity contribution in [2.24, 2.45) is 0 Å². The predicted octanol–water partition coefficient (Wildman–Crippen LogP) is 4.09. The van der Waals surface area contributed by atoms with Crippen molar-refractivity contribution in [3.05, 3.63) is 54.4 Å². The monoisotopic (exact) mass is 394 g/mol. The smallest absolute Gasteiger partial charge is 0.224 e. The lowest BCUT2D eigenvalue weighted by atomic mass is 10.1. The molecule has 2 heterocycles. The van der Waals surface area contributed by atoms with Crippen molar-refractivity contribution in [2.45, 2.75) is 19.8 Å². The summed E-state index contributed by atoms with van der Waals surface area (Å²) in [6.07, 6.45) is 5.38. The number of anilines is 1. The van der Waals surface area contributed by atoms with Crippen LogP contribution in [-0.4, -0.2) is 28.9 Å². The highest BCUT2D eigenvalue weighted by Crippen LogP contribution is 2.22. The van der Waals surface area contributed by atoms with E-state index in [1.807, 2.05) is 54.2 Å². The molecule has 0 fully saturated rings. The Bertz CT molecular complexity index is 846. The van der Waals surface area contributed by atoms with E-state index in [9.17, 15) is 4.79 Å². The molecule has 0 aliphatic carbocycles. The summed E-state index contributed by atoms with van der Waals surface area (Å²) in [6.45, 7) is 2.90. The van der Waals surface area contributed by atoms with Gasteiger partial charge in [0, 0.05) is 30.1 Å². The van der Waals surface area contributed by atoms with Crippen molar-refractivity contribution < 1.29 is 4.79 Å². The van der Waals surface area contributed by atoms with Crippen LogP contribution in [0.25, 0.3) is 16.9 Å². The van der Waals surface area contributed by atoms with Crippen molar-refractivity contribution in [3.8, 4) is 11.3 Å². The van der Waals surface area contributed by atoms with Gasteiger partial charge in [-0.2, -0.15) is 0 Å². The van der Waals surface area contributed by atoms with E-state index in [0.717, 1.165) is 41.1 Å². The summed E-state index contributed by atoms with van der Waals surface area (Å²) in [6, 6.07) is 11.9. The maximum absolute atomic E-state index is 11.8. The zero-order valence-corrected chi connectivity index (χ0v) is 16.5. The van der Waals surface area contributed by atoms with Crippen molar-refractivity contribution in [1.29, 1.82) is 0 Å². The van der Waals surface area contributed by atoms with Crippen molar-refractivity contribution in [1.82, 2.24) is 14.7 Å². The van der Waals surface area contributed by atoms with Gasteiger partial charge in [0.05, 0.1) is 5.69 Å². The number of carbonyl (C=O) groups excluding carboxylic acids is 1. The van der Waals surface area contributed by atoms with Gasteiger partial charge in [-0.15, -0.1) is 24.8 Å². The summed E-state index contributed by atoms with van der Waals surface area (Å²) in [7, 11) is 1.89. The van der Waals surface area contributed by atoms with Gasteiger partial charge in [-0.25, -0.2) is 4.98 Å². The zero-order valence-electron chi connectivity index (χ0n) is 14.9. The Hall–Kier alpha value is -2.08. The molecule has 0 spiro atoms. The van der Waals surface area contributed by atoms with Crippen molar-refractivity contribution >= 4 is 42.1 Å². The topological polar surface area (TPSA) is 58.4 Å². The Labute approximate surface area is 166 Å². The van der Waals surface area contributed by atoms with Gasteiger partial charge < -0.3 is 15.0 Å². The molecule has 0 aliphatic heterocycles. The SMILES string of the molecule is CNCCCC(=O)Nc1ccc(-c2cn3cccc(C)c3n2)cc1.Cl.Cl. The van der Waals surface area contributed by atoms with E-state index in [1.165, 1.54) is 0 Å². The molecule has 0 atom stereocenters. The highest BCUT2D eigenvalue weighted by Gasteiger charge is 2.07. The molecule has 140 valence electrons. The summed E-state index contributed by atoms with van der Waals surface area (Å²) in [5.74, 6) is 0.0429. The molecule has 0 saturated heterocycles. The molecule has 1 aromatic carbocycles. The first kappa shape index (κ1) is 22.0. The molecule has 3 aromatic rings. The molecular formula is C19H24Cl2N4O. The summed E-state index contributed by atoms with van der Waals surface area (Å²) < 4.78 is 2.03. The normalized spacial score (nSPS) is 10.1. The van der Waals surface area contributed by atoms with Gasteiger partial charge in [0.25, 0.3) is 0 Å². The molecule has 0 saturated carbocycles. The molecule has 7 heteroatoms. The van der Waals surface area contributed by atoms with Crippen molar-refractivity contribution in [2.75, 3.05) is 18.9 Å². The second-order valence-corrected chi connectivity index (χ2v) is 5.88. The standard InChI is InChI=1S/C19H22N4O.2ClH/c1-14-5-4-12-23-13-17(22-19(14)23)15-7-9-16(10-8-15)21-18(24)6-3-11-20-2;;/h4-5,7-10,12-13,20H,3,6,11H2,1-2H3,(H,21,24);2*1H. The van der Waals surface area contributed by atoms with E-state index in [0.29, 0.717) is 6.42 Å². The van der Waals surface area contributed by atoms with Crippen LogP contribution in [0, 0.1) is 6.92 Å². The number of halogens is 2. The van der Waals surface area contributed by atoms with Crippen LogP contribution in [0.3, 0.4) is 0 Å². The van der Waals surface area contributed by atoms with Gasteiger partial charge in [-0.1, -0.05) is 18.2 Å². The average molecular weight is 395 g/mol. The lowest BCUT2D eigenvalue weighted by Gasteiger charge is -2.05. The Morgan fingerprint density at radius 1 is 1.15 bits per heavy atom. The number of pyridine rings is 1. The molecule has 2 N–H and O–H groups in total. The molecule has 26 heavy (non-hydrogen) atoms. The Morgan fingerprint density at radius 2 is 1.88 bits per heavy atom. The highest BCUT2D eigenvalue weighted by molar-refractivity contribution is 5.91. The van der Waals surface area contributed by atoms with Crippen LogP contribution in [0.15, 0.2) is 48.8 Å². The van der Waals surface area contributed by atoms with Crippen LogP contribution in [0.4, 0.5) is 5.69 Å². The van der Waals surface area contributed by atoms with Gasteiger partial charge in [0.2, 0.25) is 5.91 Å². The zero-order chi connectivity index (χ0) is 16.9. The number of hydrogen-bond donors (Lipinski definition) is 2. The molecule has 5 nitrogen and oxygen atoms in total. The fourth-order valence-electron chi connectivity index (χ4n) is 2.67. The van der Waals surface area contributed by atoms with Crippen LogP contribution in [0.2, 0.25) is 0 Å². The molecule has 0 radical (unpaired) electrons. The number of rotatable bonds is 6. The van der Waals surface area contributed by atoms with Crippen LogP contribution in [0.5, 0.6) is 0 Å². The molecule has 1 amide bonds. The summed E-state index contributed by atoms with van der Waals surface area (Å²) >= 11 is 0. The van der Waals surface area contributed by atoms with Gasteiger partial charge in [-0.3, -0.25) is 4.79 Å². The van der Waals surface area contributed by atoms with Gasteiger partial charge >= 0.3 is 0 Å². The van der Waals surface area contributed by atoms with E-state index in [4.69, 9.17) is 4.98 Å². The fourth-order valence-corrected chi connectivity index (χ4v) is 2.67. The average Bonchev–Trinajstić information content (AvgIpc) is 3.01. The lowest BCUT2D eigenvalue weighted by Crippen LogP contribution is -2.15. The van der Waals surface area contributed by atoms with E-state index in [2.05, 4.69) is 23.6 Å². The molecule has 3 rings (SSSR count). The number of hydrogen-bond acceptors (Lipinski definition) is 3. The number of amides is 1. The van der Waals surface area contributed by atoms with Crippen LogP contribution in [-0.2, 0) is 4.79 Å². The lowest BCUT2D eigenvalue weighted by molar-refractivity contribution is -0.116. The predicted molar refractivity (Wildman–Crippen MR) is 112 cm³/mol. The van der Waals surface area contributed by atoms with E-state index >= 15 is 0 Å². The number of fused-ring (bicyclic) bond motifs is 1. The Balaban J connectivity index is 0.00000169. The number of carbonyl (C=O) groups is 1. The summed E-state index contributed by atoms with van der Waals surface area (Å²) in [5.41, 5.74) is 4.89. The quantitative estimate of drug-likeness (QED) is 0.618. The third kappa shape index (κ3) is 5.21. The first-order chi connectivity index (χ1) is 11.7. The van der Waals surface area contributed by atoms with Gasteiger partial charge in [-0.05, 0) is 50.7 Å². The Morgan fingerprint density at radius 3 is 2.54 bits per heavy atom. The van der Waals surface area contributed by atoms with Gasteiger partial charge in [0.1, 0.15) is 5.65 Å². The van der Waals surface area contributed by atoms with E-state index < -0.39 is 0 Å². The highest BCUT2D eigenvalue weighted by atomic mass is 35.5. The summed E-state index contributed by atoms with van der Waals surface area (Å²) in [4.78, 5) is 16.5. The number of benzene rings is 1. The number of nitrogens with one attached hydrogen (secondary N) is 2. The number of aromatic nitrogens is 2. The van der Waals surface area contributed by atoms with E-state index in [-0.39, 0.29) is 30.7 Å². The first-order valence-corrected chi connectivity index (χ1v) is 8.16. The molecule has 2 aromatic heterocycles. The second kappa shape index (κ2) is 10.2. The number of nitrogens with zero attached hydrogens (tertiary/aromatic N) is 2. The third-order valence-corrected chi connectivity index (χ3v) is 3.97. The minimum atomic E-state index is 0. The maximum atomic E-state index is 11.8. The van der Waals surface area contributed by atoms with Gasteiger partial charge in [0.15, 0.2) is 0 Å². The largest absolute Gasteiger partial charge is 0.326 e. The minimum Gasteiger partial charge on any atom is -0.326 e. The Kier molecular flexibility index (Phi) is 8.58. The first-order valence-electron chi connectivity index (χ1n) is 8.16. The molecule has 0 aliphatic rings. The fraction of sp³-hybridized carbons (Fsp3) is 0.263.